The molecular weight excluding hydrogens is 166 g/mol. The Kier molecular flexibility index (Phi) is 2.08. The first-order valence-corrected chi connectivity index (χ1v) is 4.63. The maximum absolute atomic E-state index is 10.4. The van der Waals surface area contributed by atoms with E-state index in [1.54, 1.807) is 0 Å². The van der Waals surface area contributed by atoms with Gasteiger partial charge in [-0.2, -0.15) is 0 Å². The first-order valence-electron chi connectivity index (χ1n) is 4.63. The van der Waals surface area contributed by atoms with Crippen LogP contribution in [0.15, 0.2) is 18.3 Å². The second-order valence-corrected chi connectivity index (χ2v) is 3.50. The Morgan fingerprint density at radius 2 is 2.23 bits per heavy atom. The van der Waals surface area contributed by atoms with Crippen LogP contribution in [0.1, 0.15) is 31.4 Å². The highest BCUT2D eigenvalue weighted by atomic mass is 16.5. The maximum Gasteiger partial charge on any atom is 0.294 e. The normalized spacial score (nSPS) is 20.0. The van der Waals surface area contributed by atoms with E-state index < -0.39 is 0 Å². The number of hydrogen-bond donors (Lipinski definition) is 1. The quantitative estimate of drug-likeness (QED) is 0.720. The van der Waals surface area contributed by atoms with E-state index in [0.717, 1.165) is 31.4 Å². The highest BCUT2D eigenvalue weighted by molar-refractivity contribution is 5.40. The number of H-pyrrole nitrogens is 1. The molecule has 1 aliphatic rings. The summed E-state index contributed by atoms with van der Waals surface area (Å²) in [7, 11) is 0. The zero-order valence-electron chi connectivity index (χ0n) is 7.45. The van der Waals surface area contributed by atoms with Crippen LogP contribution >= 0.6 is 0 Å². The number of aromatic amines is 1. The van der Waals surface area contributed by atoms with Crippen molar-refractivity contribution in [2.45, 2.75) is 31.3 Å². The van der Waals surface area contributed by atoms with Crippen LogP contribution in [-0.2, 0) is 15.1 Å². The van der Waals surface area contributed by atoms with Gasteiger partial charge in [0.05, 0.1) is 5.69 Å². The van der Waals surface area contributed by atoms with Gasteiger partial charge in [0.1, 0.15) is 0 Å². The molecule has 1 saturated carbocycles. The number of ether oxygens (including phenoxy) is 1. The van der Waals surface area contributed by atoms with Gasteiger partial charge in [0, 0.05) is 6.20 Å². The van der Waals surface area contributed by atoms with Crippen LogP contribution in [-0.4, -0.2) is 11.5 Å². The molecule has 1 fully saturated rings. The van der Waals surface area contributed by atoms with Crippen molar-refractivity contribution in [1.82, 2.24) is 4.98 Å². The highest BCUT2D eigenvalue weighted by Crippen LogP contribution is 2.40. The molecule has 2 rings (SSSR count). The molecule has 1 aromatic heterocycles. The van der Waals surface area contributed by atoms with Gasteiger partial charge < -0.3 is 9.72 Å². The molecule has 0 amide bonds. The molecule has 13 heavy (non-hydrogen) atoms. The predicted octanol–water partition coefficient (Wildman–Crippen LogP) is 1.96. The first kappa shape index (κ1) is 8.35. The lowest BCUT2D eigenvalue weighted by Crippen LogP contribution is -2.25. The molecule has 3 nitrogen and oxygen atoms in total. The summed E-state index contributed by atoms with van der Waals surface area (Å²) in [5.74, 6) is 0. The zero-order chi connectivity index (χ0) is 9.15. The Morgan fingerprint density at radius 1 is 1.46 bits per heavy atom. The molecule has 0 unspecified atom stereocenters. The van der Waals surface area contributed by atoms with Crippen molar-refractivity contribution in [2.75, 3.05) is 0 Å². The van der Waals surface area contributed by atoms with Gasteiger partial charge in [-0.05, 0) is 37.8 Å². The topological polar surface area (TPSA) is 42.1 Å². The van der Waals surface area contributed by atoms with Crippen LogP contribution in [0.25, 0.3) is 0 Å². The molecule has 3 heteroatoms. The smallest absolute Gasteiger partial charge is 0.294 e. The van der Waals surface area contributed by atoms with Crippen LogP contribution in [0.3, 0.4) is 0 Å². The van der Waals surface area contributed by atoms with Gasteiger partial charge in [0.15, 0.2) is 5.60 Å². The predicted molar refractivity (Wildman–Crippen MR) is 48.1 cm³/mol. The minimum absolute atomic E-state index is 0.356. The molecule has 1 aromatic rings. The Labute approximate surface area is 77.1 Å². The molecule has 1 heterocycles. The average Bonchev–Trinajstić information content (AvgIpc) is 2.73. The number of carbonyl (C=O) groups excluding carboxylic acids is 1. The number of rotatable bonds is 3. The van der Waals surface area contributed by atoms with Crippen LogP contribution < -0.4 is 0 Å². The summed E-state index contributed by atoms with van der Waals surface area (Å²) in [6.45, 7) is 0.562. The van der Waals surface area contributed by atoms with E-state index in [9.17, 15) is 4.79 Å². The van der Waals surface area contributed by atoms with E-state index in [4.69, 9.17) is 4.74 Å². The third kappa shape index (κ3) is 1.34. The summed E-state index contributed by atoms with van der Waals surface area (Å²) in [6, 6.07) is 3.92. The summed E-state index contributed by atoms with van der Waals surface area (Å²) < 4.78 is 5.22. The molecule has 1 aliphatic carbocycles. The Bertz CT molecular complexity index is 273. The second kappa shape index (κ2) is 3.24. The number of nitrogens with one attached hydrogen (secondary N) is 1. The lowest BCUT2D eigenvalue weighted by molar-refractivity contribution is -0.144. The minimum Gasteiger partial charge on any atom is -0.455 e. The fourth-order valence-corrected chi connectivity index (χ4v) is 2.10. The van der Waals surface area contributed by atoms with Gasteiger partial charge in [-0.1, -0.05) is 0 Å². The molecule has 1 N–H and O–H groups in total. The highest BCUT2D eigenvalue weighted by Gasteiger charge is 2.38. The van der Waals surface area contributed by atoms with E-state index >= 15 is 0 Å². The molecular formula is C10H13NO2. The van der Waals surface area contributed by atoms with Gasteiger partial charge in [0.2, 0.25) is 0 Å². The summed E-state index contributed by atoms with van der Waals surface area (Å²) in [5.41, 5.74) is 0.669. The fourth-order valence-electron chi connectivity index (χ4n) is 2.10. The minimum atomic E-state index is -0.356. The van der Waals surface area contributed by atoms with Crippen molar-refractivity contribution in [1.29, 1.82) is 0 Å². The van der Waals surface area contributed by atoms with Crippen molar-refractivity contribution >= 4 is 6.47 Å². The third-order valence-electron chi connectivity index (χ3n) is 2.77. The molecule has 0 aromatic carbocycles. The number of aromatic nitrogens is 1. The van der Waals surface area contributed by atoms with E-state index in [0.29, 0.717) is 6.47 Å². The lowest BCUT2D eigenvalue weighted by Gasteiger charge is -2.25. The summed E-state index contributed by atoms with van der Waals surface area (Å²) >= 11 is 0. The molecule has 0 aliphatic heterocycles. The van der Waals surface area contributed by atoms with Gasteiger partial charge in [-0.3, -0.25) is 4.79 Å². The number of carbonyl (C=O) groups is 1. The van der Waals surface area contributed by atoms with Crippen molar-refractivity contribution in [3.05, 3.63) is 24.0 Å². The van der Waals surface area contributed by atoms with Crippen LogP contribution in [0, 0.1) is 0 Å². The lowest BCUT2D eigenvalue weighted by atomic mass is 9.98. The molecule has 0 radical (unpaired) electrons. The first-order chi connectivity index (χ1) is 6.37. The Hall–Kier alpha value is -1.25. The van der Waals surface area contributed by atoms with Gasteiger partial charge >= 0.3 is 0 Å². The van der Waals surface area contributed by atoms with E-state index in [-0.39, 0.29) is 5.60 Å². The number of hydrogen-bond acceptors (Lipinski definition) is 2. The maximum atomic E-state index is 10.4. The molecule has 0 spiro atoms. The van der Waals surface area contributed by atoms with E-state index in [2.05, 4.69) is 4.98 Å². The van der Waals surface area contributed by atoms with E-state index in [1.807, 2.05) is 18.3 Å². The summed E-state index contributed by atoms with van der Waals surface area (Å²) in [4.78, 5) is 13.5. The largest absolute Gasteiger partial charge is 0.455 e. The fraction of sp³-hybridized carbons (Fsp3) is 0.500. The van der Waals surface area contributed by atoms with Crippen LogP contribution in [0.5, 0.6) is 0 Å². The average molecular weight is 179 g/mol. The van der Waals surface area contributed by atoms with Crippen LogP contribution in [0.2, 0.25) is 0 Å². The zero-order valence-corrected chi connectivity index (χ0v) is 7.45. The van der Waals surface area contributed by atoms with Crippen molar-refractivity contribution in [3.63, 3.8) is 0 Å². The summed E-state index contributed by atoms with van der Waals surface area (Å²) in [6.07, 6.45) is 6.00. The van der Waals surface area contributed by atoms with Crippen molar-refractivity contribution in [3.8, 4) is 0 Å². The van der Waals surface area contributed by atoms with Gasteiger partial charge in [0.25, 0.3) is 6.47 Å². The molecule has 70 valence electrons. The standard InChI is InChI=1S/C10H13NO2/c12-8-13-10(5-1-2-6-10)9-4-3-7-11-9/h3-4,7-8,11H,1-2,5-6H2. The van der Waals surface area contributed by atoms with Crippen LogP contribution in [0.4, 0.5) is 0 Å². The van der Waals surface area contributed by atoms with E-state index in [1.165, 1.54) is 0 Å². The summed E-state index contributed by atoms with van der Waals surface area (Å²) in [5, 5.41) is 0. The molecule has 0 saturated heterocycles. The van der Waals surface area contributed by atoms with Gasteiger partial charge in [-0.25, -0.2) is 0 Å². The van der Waals surface area contributed by atoms with Crippen molar-refractivity contribution < 1.29 is 9.53 Å². The molecule has 0 bridgehead atoms. The molecule has 0 atom stereocenters. The van der Waals surface area contributed by atoms with Gasteiger partial charge in [-0.15, -0.1) is 0 Å². The monoisotopic (exact) mass is 179 g/mol. The Morgan fingerprint density at radius 3 is 2.77 bits per heavy atom. The Balaban J connectivity index is 2.27. The second-order valence-electron chi connectivity index (χ2n) is 3.50. The SMILES string of the molecule is O=COC1(c2ccc[nH]2)CCCC1. The third-order valence-corrected chi connectivity index (χ3v) is 2.77. The van der Waals surface area contributed by atoms with Crippen molar-refractivity contribution in [2.24, 2.45) is 0 Å².